The number of nitrogens with zero attached hydrogens (tertiary/aromatic N) is 3. The summed E-state index contributed by atoms with van der Waals surface area (Å²) in [5, 5.41) is 22.7. The molecule has 5 atom stereocenters. The molecule has 1 aromatic heterocycles. The second kappa shape index (κ2) is 20.3. The minimum Gasteiger partial charge on any atom is -0.497 e. The molecule has 15 heteroatoms. The van der Waals surface area contributed by atoms with Crippen molar-refractivity contribution in [2.75, 3.05) is 19.5 Å². The number of likely N-dealkylation sites (tertiary alicyclic amines) is 1. The minimum absolute atomic E-state index is 0.0936. The summed E-state index contributed by atoms with van der Waals surface area (Å²) in [5.41, 5.74) is 2.49. The van der Waals surface area contributed by atoms with Gasteiger partial charge in [-0.2, -0.15) is 0 Å². The summed E-state index contributed by atoms with van der Waals surface area (Å²) in [5.74, 6) is -2.48. The molecule has 1 fully saturated rings. The molecule has 328 valence electrons. The molecule has 62 heavy (non-hydrogen) atoms. The molecule has 1 amide bonds. The lowest BCUT2D eigenvalue weighted by atomic mass is 9.74. The van der Waals surface area contributed by atoms with Crippen LogP contribution in [0, 0.1) is 11.8 Å². The maximum atomic E-state index is 15.7. The first-order chi connectivity index (χ1) is 29.6. The van der Waals surface area contributed by atoms with Gasteiger partial charge in [-0.15, -0.1) is 10.2 Å². The second-order valence-electron chi connectivity index (χ2n) is 16.8. The molecular formula is C47H56N3O8PS2Si. The number of thioether (sulfide) groups is 1. The predicted molar refractivity (Wildman–Crippen MR) is 252 cm³/mol. The van der Waals surface area contributed by atoms with Crippen LogP contribution < -0.4 is 20.7 Å². The van der Waals surface area contributed by atoms with Crippen molar-refractivity contribution in [3.8, 4) is 5.75 Å². The number of aliphatic hydroxyl groups excluding tert-OH is 1. The maximum absolute atomic E-state index is 15.7. The van der Waals surface area contributed by atoms with Gasteiger partial charge in [-0.25, -0.2) is 4.79 Å². The molecule has 5 aromatic rings. The predicted octanol–water partition coefficient (Wildman–Crippen LogP) is 7.28. The van der Waals surface area contributed by atoms with E-state index < -0.39 is 57.2 Å². The highest BCUT2D eigenvalue weighted by atomic mass is 32.2. The number of carbonyl (C=O) groups is 3. The van der Waals surface area contributed by atoms with Crippen LogP contribution in [-0.4, -0.2) is 89.5 Å². The lowest BCUT2D eigenvalue weighted by Crippen LogP contribution is -2.73. The van der Waals surface area contributed by atoms with Crippen LogP contribution in [0.2, 0.25) is 18.1 Å². The van der Waals surface area contributed by atoms with Crippen molar-refractivity contribution in [2.24, 2.45) is 11.8 Å². The van der Waals surface area contributed by atoms with Gasteiger partial charge in [0.05, 0.1) is 37.9 Å². The van der Waals surface area contributed by atoms with E-state index in [0.717, 1.165) is 21.5 Å². The van der Waals surface area contributed by atoms with Crippen LogP contribution in [0.3, 0.4) is 0 Å². The summed E-state index contributed by atoms with van der Waals surface area (Å²) in [7, 11) is -0.896. The summed E-state index contributed by atoms with van der Waals surface area (Å²) in [6, 6.07) is 35.7. The maximum Gasteiger partial charge on any atom is 0.356 e. The highest BCUT2D eigenvalue weighted by molar-refractivity contribution is 8.01. The Kier molecular flexibility index (Phi) is 15.4. The summed E-state index contributed by atoms with van der Waals surface area (Å²) >= 11 is 2.67. The van der Waals surface area contributed by atoms with E-state index in [1.165, 1.54) is 30.0 Å². The number of hydrogen-bond acceptors (Lipinski definition) is 12. The normalized spacial score (nSPS) is 17.0. The molecule has 0 radical (unpaired) electrons. The van der Waals surface area contributed by atoms with Crippen molar-refractivity contribution >= 4 is 77.5 Å². The van der Waals surface area contributed by atoms with Gasteiger partial charge < -0.3 is 28.6 Å². The fraction of sp³-hybridized carbons (Fsp3) is 0.362. The van der Waals surface area contributed by atoms with E-state index in [1.807, 2.05) is 110 Å². The third kappa shape index (κ3) is 10.1. The van der Waals surface area contributed by atoms with Gasteiger partial charge in [0.1, 0.15) is 23.3 Å². The Hall–Kier alpha value is -4.56. The Bertz CT molecular complexity index is 2230. The Morgan fingerprint density at radius 1 is 0.887 bits per heavy atom. The average Bonchev–Trinajstić information content (AvgIpc) is 3.79. The third-order valence-electron chi connectivity index (χ3n) is 11.8. The number of benzene rings is 4. The number of esters is 2. The fourth-order valence-corrected chi connectivity index (χ4v) is 15.0. The largest absolute Gasteiger partial charge is 0.497 e. The summed E-state index contributed by atoms with van der Waals surface area (Å²) in [4.78, 5) is 45.5. The van der Waals surface area contributed by atoms with Gasteiger partial charge >= 0.3 is 11.9 Å². The van der Waals surface area contributed by atoms with Crippen molar-refractivity contribution in [1.29, 1.82) is 0 Å². The van der Waals surface area contributed by atoms with Crippen molar-refractivity contribution in [3.63, 3.8) is 0 Å². The van der Waals surface area contributed by atoms with E-state index >= 15 is 9.59 Å². The van der Waals surface area contributed by atoms with E-state index in [-0.39, 0.29) is 35.3 Å². The standard InChI is InChI=1S/C47H56N3O8PS2Si/c1-32(58-62(7,8)47(3,4)5)41-42(39(29-56-33(2)51)40(52)30-60-46-49-48-31-61-46)50(43(41)53)44(45(54)57-28-34-24-26-35(55-6)27-25-34)59(36-18-12-9-13-19-36,37-20-14-10-15-21-37)38-22-16-11-17-23-38/h9-27,31-32,39-42,52H,28-30H2,1-8H3/t32-,39-,40-,41-,42-/m1/s1. The number of methoxy groups -OCH3 is 1. The molecular weight excluding hydrogens is 858 g/mol. The van der Waals surface area contributed by atoms with Gasteiger partial charge in [-0.3, -0.25) is 9.59 Å². The molecule has 0 unspecified atom stereocenters. The first-order valence-corrected chi connectivity index (χ1v) is 27.1. The topological polar surface area (TPSA) is 137 Å². The van der Waals surface area contributed by atoms with Crippen LogP contribution in [0.1, 0.15) is 40.2 Å². The van der Waals surface area contributed by atoms with Gasteiger partial charge in [0, 0.05) is 25.5 Å². The number of aliphatic hydroxyl groups is 1. The van der Waals surface area contributed by atoms with Gasteiger partial charge in [0.2, 0.25) is 5.91 Å². The van der Waals surface area contributed by atoms with Crippen LogP contribution in [-0.2, 0) is 34.9 Å². The first-order valence-electron chi connectivity index (χ1n) is 20.5. The van der Waals surface area contributed by atoms with Crippen molar-refractivity contribution in [2.45, 2.75) is 81.9 Å². The van der Waals surface area contributed by atoms with Crippen LogP contribution in [0.15, 0.2) is 125 Å². The third-order valence-corrected chi connectivity index (χ3v) is 22.6. The molecule has 2 heterocycles. The quantitative estimate of drug-likeness (QED) is 0.0312. The van der Waals surface area contributed by atoms with Crippen LogP contribution in [0.4, 0.5) is 0 Å². The van der Waals surface area contributed by atoms with Crippen molar-refractivity contribution < 1.29 is 38.1 Å². The molecule has 1 N–H and O–H groups in total. The molecule has 1 aliphatic heterocycles. The van der Waals surface area contributed by atoms with Gasteiger partial charge in [0.15, 0.2) is 12.7 Å². The highest BCUT2D eigenvalue weighted by Gasteiger charge is 2.60. The van der Waals surface area contributed by atoms with E-state index in [1.54, 1.807) is 29.7 Å². The molecule has 11 nitrogen and oxygen atoms in total. The van der Waals surface area contributed by atoms with Gasteiger partial charge in [0.25, 0.3) is 0 Å². The Balaban J connectivity index is 1.66. The number of ether oxygens (including phenoxy) is 3. The fourth-order valence-electron chi connectivity index (χ4n) is 7.69. The lowest BCUT2D eigenvalue weighted by Gasteiger charge is -2.55. The molecule has 0 bridgehead atoms. The zero-order chi connectivity index (χ0) is 44.7. The monoisotopic (exact) mass is 913 g/mol. The molecule has 4 aromatic carbocycles. The van der Waals surface area contributed by atoms with E-state index in [2.05, 4.69) is 44.1 Å². The van der Waals surface area contributed by atoms with Crippen molar-refractivity contribution in [3.05, 3.63) is 126 Å². The zero-order valence-corrected chi connectivity index (χ0v) is 40.0. The summed E-state index contributed by atoms with van der Waals surface area (Å²) in [6.07, 6.45) is -1.78. The van der Waals surface area contributed by atoms with Crippen LogP contribution >= 0.6 is 30.0 Å². The molecule has 1 aliphatic rings. The van der Waals surface area contributed by atoms with Crippen LogP contribution in [0.5, 0.6) is 5.75 Å². The number of hydrogen-bond donors (Lipinski definition) is 1. The van der Waals surface area contributed by atoms with Crippen molar-refractivity contribution in [1.82, 2.24) is 15.1 Å². The second-order valence-corrected chi connectivity index (χ2v) is 27.0. The van der Waals surface area contributed by atoms with E-state index in [0.29, 0.717) is 10.1 Å². The first kappa shape index (κ1) is 46.9. The number of carbonyl (C=O) groups excluding carboxylic acids is 3. The molecule has 1 saturated heterocycles. The number of β-lactam (4-membered cyclic amide) rings is 1. The Labute approximate surface area is 374 Å². The number of rotatable bonds is 18. The van der Waals surface area contributed by atoms with E-state index in [4.69, 9.17) is 18.6 Å². The lowest BCUT2D eigenvalue weighted by molar-refractivity contribution is -0.167. The molecule has 0 aliphatic carbocycles. The van der Waals surface area contributed by atoms with Gasteiger partial charge in [-0.05, 0) is 58.7 Å². The Morgan fingerprint density at radius 2 is 1.44 bits per heavy atom. The van der Waals surface area contributed by atoms with E-state index in [9.17, 15) is 9.90 Å². The Morgan fingerprint density at radius 3 is 1.90 bits per heavy atom. The smallest absolute Gasteiger partial charge is 0.356 e. The summed E-state index contributed by atoms with van der Waals surface area (Å²) in [6.45, 7) is 10.2. The average molecular weight is 914 g/mol. The zero-order valence-electron chi connectivity index (χ0n) is 36.5. The number of amides is 1. The van der Waals surface area contributed by atoms with Crippen LogP contribution in [0.25, 0.3) is 0 Å². The SMILES string of the molecule is COc1ccc(COC(=O)C(N2C(=O)[C@H]([C@@H](C)O[Si](C)(C)C(C)(C)C)[C@H]2[C@H](COC(C)=O)[C@H](O)CSc2nncs2)=P(c2ccccc2)(c2ccccc2)c2ccccc2)cc1. The summed E-state index contributed by atoms with van der Waals surface area (Å²) < 4.78 is 25.1. The molecule has 0 spiro atoms. The number of aromatic nitrogens is 2. The minimum atomic E-state index is -3.35. The molecule has 6 rings (SSSR count). The van der Waals surface area contributed by atoms with Gasteiger partial charge in [-0.1, -0.05) is 147 Å². The molecule has 0 saturated carbocycles. The highest BCUT2D eigenvalue weighted by Crippen LogP contribution is 2.51.